The number of piperidine rings is 1. The van der Waals surface area contributed by atoms with Crippen LogP contribution in [0.2, 0.25) is 0 Å². The van der Waals surface area contributed by atoms with Crippen molar-refractivity contribution in [2.75, 3.05) is 19.0 Å². The normalized spacial score (nSPS) is 22.8. The fourth-order valence-corrected chi connectivity index (χ4v) is 3.87. The van der Waals surface area contributed by atoms with E-state index in [2.05, 4.69) is 81.9 Å². The van der Waals surface area contributed by atoms with Gasteiger partial charge in [-0.25, -0.2) is 0 Å². The Bertz CT molecular complexity index is 402. The van der Waals surface area contributed by atoms with Gasteiger partial charge >= 0.3 is 0 Å². The first kappa shape index (κ1) is 14.4. The average molecular weight is 260 g/mol. The maximum Gasteiger partial charge on any atom is 0.0375 e. The molecule has 2 heteroatoms. The molecule has 1 aliphatic heterocycles. The summed E-state index contributed by atoms with van der Waals surface area (Å²) in [7, 11) is 4.41. The third-order valence-electron chi connectivity index (χ3n) is 4.43. The lowest BCUT2D eigenvalue weighted by Gasteiger charge is -2.57. The van der Waals surface area contributed by atoms with Crippen molar-refractivity contribution in [2.24, 2.45) is 0 Å². The predicted molar refractivity (Wildman–Crippen MR) is 83.8 cm³/mol. The first-order chi connectivity index (χ1) is 8.74. The number of nitrogens with zero attached hydrogens (tertiary/aromatic N) is 2. The van der Waals surface area contributed by atoms with Crippen LogP contribution in [0.3, 0.4) is 0 Å². The molecule has 0 saturated carbocycles. The summed E-state index contributed by atoms with van der Waals surface area (Å²) in [5, 5.41) is 0. The van der Waals surface area contributed by atoms with Gasteiger partial charge in [-0.15, -0.1) is 0 Å². The van der Waals surface area contributed by atoms with Crippen LogP contribution in [-0.4, -0.2) is 36.1 Å². The highest BCUT2D eigenvalue weighted by Gasteiger charge is 2.45. The third-order valence-corrected chi connectivity index (χ3v) is 4.43. The summed E-state index contributed by atoms with van der Waals surface area (Å²) in [6, 6.07) is 11.5. The minimum atomic E-state index is 0.179. The molecule has 0 aromatic heterocycles. The summed E-state index contributed by atoms with van der Waals surface area (Å²) in [6.45, 7) is 9.49. The van der Waals surface area contributed by atoms with Crippen molar-refractivity contribution in [3.63, 3.8) is 0 Å². The van der Waals surface area contributed by atoms with Crippen LogP contribution in [0.5, 0.6) is 0 Å². The Hall–Kier alpha value is -1.02. The molecule has 1 saturated heterocycles. The molecule has 0 bridgehead atoms. The van der Waals surface area contributed by atoms with Gasteiger partial charge in [-0.2, -0.15) is 0 Å². The van der Waals surface area contributed by atoms with E-state index in [1.165, 1.54) is 18.5 Å². The zero-order valence-electron chi connectivity index (χ0n) is 13.3. The van der Waals surface area contributed by atoms with Crippen LogP contribution in [0.25, 0.3) is 0 Å². The van der Waals surface area contributed by atoms with Crippen LogP contribution >= 0.6 is 0 Å². The van der Waals surface area contributed by atoms with Crippen LogP contribution in [-0.2, 0) is 0 Å². The topological polar surface area (TPSA) is 6.48 Å². The molecule has 0 aliphatic carbocycles. The van der Waals surface area contributed by atoms with Crippen LogP contribution in [0, 0.1) is 0 Å². The Balaban J connectivity index is 2.38. The number of anilines is 1. The van der Waals surface area contributed by atoms with Gasteiger partial charge in [-0.3, -0.25) is 0 Å². The van der Waals surface area contributed by atoms with Gasteiger partial charge in [-0.05, 0) is 66.8 Å². The second-order valence-corrected chi connectivity index (χ2v) is 7.32. The van der Waals surface area contributed by atoms with Crippen LogP contribution in [0.15, 0.2) is 30.3 Å². The lowest BCUT2D eigenvalue weighted by Crippen LogP contribution is -2.64. The van der Waals surface area contributed by atoms with Gasteiger partial charge in [0.25, 0.3) is 0 Å². The Morgan fingerprint density at radius 3 is 1.84 bits per heavy atom. The van der Waals surface area contributed by atoms with Gasteiger partial charge in [0.05, 0.1) is 0 Å². The van der Waals surface area contributed by atoms with Gasteiger partial charge in [0, 0.05) is 22.8 Å². The van der Waals surface area contributed by atoms with Crippen LogP contribution in [0.4, 0.5) is 5.69 Å². The predicted octanol–water partition coefficient (Wildman–Crippen LogP) is 3.77. The van der Waals surface area contributed by atoms with Crippen molar-refractivity contribution in [2.45, 2.75) is 57.7 Å². The van der Waals surface area contributed by atoms with Crippen LogP contribution in [0.1, 0.15) is 40.5 Å². The standard InChI is InChI=1S/C17H28N2/c1-16(2)12-15(18(5)6)13-17(3,4)19(16)14-10-8-7-9-11-14/h7-11,15H,12-13H2,1-6H3. The number of rotatable bonds is 2. The number of para-hydroxylation sites is 1. The molecule has 2 nitrogen and oxygen atoms in total. The molecule has 0 N–H and O–H groups in total. The highest BCUT2D eigenvalue weighted by Crippen LogP contribution is 2.42. The minimum absolute atomic E-state index is 0.179. The van der Waals surface area contributed by atoms with Gasteiger partial charge in [0.15, 0.2) is 0 Å². The van der Waals surface area contributed by atoms with Crippen molar-refractivity contribution in [1.82, 2.24) is 4.90 Å². The van der Waals surface area contributed by atoms with E-state index in [0.717, 1.165) is 0 Å². The van der Waals surface area contributed by atoms with Gasteiger partial charge in [0.2, 0.25) is 0 Å². The van der Waals surface area contributed by atoms with Gasteiger partial charge in [0.1, 0.15) is 0 Å². The molecule has 0 radical (unpaired) electrons. The highest BCUT2D eigenvalue weighted by molar-refractivity contribution is 5.52. The molecule has 0 amide bonds. The number of benzene rings is 1. The van der Waals surface area contributed by atoms with E-state index in [0.29, 0.717) is 6.04 Å². The monoisotopic (exact) mass is 260 g/mol. The lowest BCUT2D eigenvalue weighted by atomic mass is 9.76. The third kappa shape index (κ3) is 2.79. The van der Waals surface area contributed by atoms with Crippen molar-refractivity contribution < 1.29 is 0 Å². The molecule has 1 aliphatic rings. The molecule has 1 fully saturated rings. The SMILES string of the molecule is CN(C)C1CC(C)(C)N(c2ccccc2)C(C)(C)C1. The first-order valence-electron chi connectivity index (χ1n) is 7.26. The van der Waals surface area contributed by atoms with E-state index in [-0.39, 0.29) is 11.1 Å². The van der Waals surface area contributed by atoms with Crippen molar-refractivity contribution >= 4 is 5.69 Å². The van der Waals surface area contributed by atoms with E-state index < -0.39 is 0 Å². The molecule has 0 unspecified atom stereocenters. The molecule has 1 aromatic rings. The first-order valence-corrected chi connectivity index (χ1v) is 7.26. The summed E-state index contributed by atoms with van der Waals surface area (Å²) < 4.78 is 0. The molecule has 0 spiro atoms. The van der Waals surface area contributed by atoms with Crippen molar-refractivity contribution in [1.29, 1.82) is 0 Å². The Labute approximate surface area is 118 Å². The van der Waals surface area contributed by atoms with Gasteiger partial charge in [-0.1, -0.05) is 18.2 Å². The minimum Gasteiger partial charge on any atom is -0.361 e. The van der Waals surface area contributed by atoms with Gasteiger partial charge < -0.3 is 9.80 Å². The maximum atomic E-state index is 2.61. The second-order valence-electron chi connectivity index (χ2n) is 7.32. The molecule has 106 valence electrons. The van der Waals surface area contributed by atoms with E-state index in [9.17, 15) is 0 Å². The maximum absolute atomic E-state index is 2.61. The smallest absolute Gasteiger partial charge is 0.0375 e. The molecule has 1 heterocycles. The summed E-state index contributed by atoms with van der Waals surface area (Å²) in [6.07, 6.45) is 2.41. The second kappa shape index (κ2) is 4.82. The fourth-order valence-electron chi connectivity index (χ4n) is 3.87. The zero-order valence-corrected chi connectivity index (χ0v) is 13.3. The zero-order chi connectivity index (χ0) is 14.3. The van der Waals surface area contributed by atoms with Crippen molar-refractivity contribution in [3.8, 4) is 0 Å². The Kier molecular flexibility index (Phi) is 3.65. The van der Waals surface area contributed by atoms with E-state index in [1.807, 2.05) is 0 Å². The molecule has 1 aromatic carbocycles. The molecular formula is C17H28N2. The number of hydrogen-bond acceptors (Lipinski definition) is 2. The lowest BCUT2D eigenvalue weighted by molar-refractivity contribution is 0.131. The van der Waals surface area contributed by atoms with Crippen molar-refractivity contribution in [3.05, 3.63) is 30.3 Å². The molecule has 0 atom stereocenters. The highest BCUT2D eigenvalue weighted by atomic mass is 15.3. The molecule has 19 heavy (non-hydrogen) atoms. The molecule has 2 rings (SSSR count). The Morgan fingerprint density at radius 1 is 0.947 bits per heavy atom. The average Bonchev–Trinajstić information content (AvgIpc) is 2.26. The van der Waals surface area contributed by atoms with Crippen LogP contribution < -0.4 is 4.90 Å². The summed E-state index contributed by atoms with van der Waals surface area (Å²) in [4.78, 5) is 4.99. The summed E-state index contributed by atoms with van der Waals surface area (Å²) in [5.41, 5.74) is 1.70. The summed E-state index contributed by atoms with van der Waals surface area (Å²) >= 11 is 0. The largest absolute Gasteiger partial charge is 0.361 e. The summed E-state index contributed by atoms with van der Waals surface area (Å²) in [5.74, 6) is 0. The molecular weight excluding hydrogens is 232 g/mol. The van der Waals surface area contributed by atoms with E-state index in [4.69, 9.17) is 0 Å². The fraction of sp³-hybridized carbons (Fsp3) is 0.647. The van der Waals surface area contributed by atoms with E-state index >= 15 is 0 Å². The quantitative estimate of drug-likeness (QED) is 0.798. The Morgan fingerprint density at radius 2 is 1.42 bits per heavy atom. The van der Waals surface area contributed by atoms with E-state index in [1.54, 1.807) is 0 Å². The number of hydrogen-bond donors (Lipinski definition) is 0.